The van der Waals surface area contributed by atoms with E-state index in [1.54, 1.807) is 6.92 Å². The molecule has 0 aliphatic heterocycles. The van der Waals surface area contributed by atoms with Crippen molar-refractivity contribution in [3.63, 3.8) is 0 Å². The van der Waals surface area contributed by atoms with Crippen LogP contribution in [0.1, 0.15) is 6.92 Å². The summed E-state index contributed by atoms with van der Waals surface area (Å²) in [6.07, 6.45) is 6.44. The third-order valence-corrected chi connectivity index (χ3v) is 1.91. The molecule has 50 valence electrons. The summed E-state index contributed by atoms with van der Waals surface area (Å²) in [6, 6.07) is 0. The van der Waals surface area contributed by atoms with Crippen molar-refractivity contribution in [2.45, 2.75) is 6.92 Å². The van der Waals surface area contributed by atoms with Crippen LogP contribution < -0.4 is 0 Å². The number of ketones is 1. The van der Waals surface area contributed by atoms with E-state index in [0.29, 0.717) is 5.78 Å². The molecule has 0 bridgehead atoms. The molecular weight excluding hydrogens is 120 g/mol. The van der Waals surface area contributed by atoms with Gasteiger partial charge in [0.1, 0.15) is 5.78 Å². The third kappa shape index (κ3) is 6.02. The quantitative estimate of drug-likeness (QED) is 0.556. The van der Waals surface area contributed by atoms with E-state index in [2.05, 4.69) is 18.8 Å². The summed E-state index contributed by atoms with van der Waals surface area (Å²) in [7, 11) is -0.573. The normalized spacial score (nSPS) is 13.5. The average Bonchev–Trinajstić information content (AvgIpc) is 1.21. The van der Waals surface area contributed by atoms with Gasteiger partial charge in [-0.15, -0.1) is 0 Å². The van der Waals surface area contributed by atoms with Gasteiger partial charge in [-0.1, -0.05) is 0 Å². The molecule has 0 aromatic rings. The predicted octanol–water partition coefficient (Wildman–Crippen LogP) is 1.27. The summed E-state index contributed by atoms with van der Waals surface area (Å²) < 4.78 is 0. The van der Waals surface area contributed by atoms with Crippen molar-refractivity contribution < 1.29 is 4.79 Å². The minimum Gasteiger partial charge on any atom is -0.299 e. The molecule has 0 rings (SSSR count). The van der Waals surface area contributed by atoms with E-state index in [-0.39, 0.29) is 0 Å². The van der Waals surface area contributed by atoms with Crippen LogP contribution in [0.3, 0.4) is 0 Å². The van der Waals surface area contributed by atoms with E-state index in [9.17, 15) is 4.79 Å². The van der Waals surface area contributed by atoms with Crippen molar-refractivity contribution >= 4 is 15.8 Å². The van der Waals surface area contributed by atoms with Crippen molar-refractivity contribution in [1.82, 2.24) is 0 Å². The largest absolute Gasteiger partial charge is 0.299 e. The van der Waals surface area contributed by atoms with Crippen LogP contribution in [0.25, 0.3) is 0 Å². The Labute approximate surface area is 52.8 Å². The zero-order chi connectivity index (χ0) is 6.78. The first-order chi connectivity index (χ1) is 3.42. The van der Waals surface area contributed by atoms with Gasteiger partial charge < -0.3 is 0 Å². The van der Waals surface area contributed by atoms with Crippen LogP contribution in [-0.2, 0) is 4.79 Å². The van der Waals surface area contributed by atoms with E-state index < -0.39 is 10.0 Å². The van der Waals surface area contributed by atoms with Crippen molar-refractivity contribution in [1.29, 1.82) is 0 Å². The Morgan fingerprint density at radius 1 is 1.38 bits per heavy atom. The summed E-state index contributed by atoms with van der Waals surface area (Å²) in [4.78, 5) is 10.5. The first-order valence-electron chi connectivity index (χ1n) is 2.57. The molecule has 0 amide bonds. The molecule has 0 aromatic carbocycles. The molecular formula is C6H14OS. The van der Waals surface area contributed by atoms with E-state index in [0.717, 1.165) is 5.75 Å². The number of hydrogen-bond acceptors (Lipinski definition) is 1. The predicted molar refractivity (Wildman–Crippen MR) is 40.9 cm³/mol. The zero-order valence-corrected chi connectivity index (χ0v) is 6.84. The van der Waals surface area contributed by atoms with Crippen molar-refractivity contribution in [3.8, 4) is 0 Å². The Kier molecular flexibility index (Phi) is 2.54. The Balaban J connectivity index is 3.55. The molecule has 8 heavy (non-hydrogen) atoms. The molecule has 0 spiro atoms. The minimum absolute atomic E-state index is 0.313. The van der Waals surface area contributed by atoms with Gasteiger partial charge in [-0.05, 0) is 25.7 Å². The molecule has 0 N–H and O–H groups in total. The average molecular weight is 134 g/mol. The molecule has 0 aliphatic carbocycles. The fourth-order valence-corrected chi connectivity index (χ4v) is 1.83. The highest BCUT2D eigenvalue weighted by Gasteiger charge is 2.05. The monoisotopic (exact) mass is 134 g/mol. The van der Waals surface area contributed by atoms with Gasteiger partial charge in [0.05, 0.1) is 0 Å². The number of carbonyl (C=O) groups is 1. The SMILES string of the molecule is CC(=O)CS(C)(C)C. The third-order valence-electron chi connectivity index (χ3n) is 0.636. The summed E-state index contributed by atoms with van der Waals surface area (Å²) in [5.74, 6) is 1.08. The number of hydrogen-bond donors (Lipinski definition) is 0. The molecule has 0 aromatic heterocycles. The first-order valence-corrected chi connectivity index (χ1v) is 5.60. The highest BCUT2D eigenvalue weighted by molar-refractivity contribution is 8.32. The molecule has 0 radical (unpaired) electrons. The minimum atomic E-state index is -0.573. The Hall–Kier alpha value is 0.0200. The van der Waals surface area contributed by atoms with Gasteiger partial charge in [-0.2, -0.15) is 0 Å². The van der Waals surface area contributed by atoms with Crippen LogP contribution in [0.5, 0.6) is 0 Å². The van der Waals surface area contributed by atoms with Gasteiger partial charge >= 0.3 is 0 Å². The first kappa shape index (κ1) is 8.02. The summed E-state index contributed by atoms with van der Waals surface area (Å²) in [6.45, 7) is 1.65. The number of carbonyl (C=O) groups excluding carboxylic acids is 1. The van der Waals surface area contributed by atoms with E-state index in [1.165, 1.54) is 0 Å². The zero-order valence-electron chi connectivity index (χ0n) is 6.02. The standard InChI is InChI=1S/C6H14OS/c1-6(7)5-8(2,3)4/h5H2,1-4H3. The Bertz CT molecular complexity index is 91.2. The highest BCUT2D eigenvalue weighted by Crippen LogP contribution is 2.33. The van der Waals surface area contributed by atoms with Crippen LogP contribution in [0.2, 0.25) is 0 Å². The van der Waals surface area contributed by atoms with Crippen LogP contribution in [0.4, 0.5) is 0 Å². The fourth-order valence-electron chi connectivity index (χ4n) is 0.610. The molecule has 0 aliphatic rings. The van der Waals surface area contributed by atoms with Gasteiger partial charge in [-0.25, -0.2) is 10.0 Å². The summed E-state index contributed by atoms with van der Waals surface area (Å²) in [5.41, 5.74) is 0. The van der Waals surface area contributed by atoms with Crippen LogP contribution in [0.15, 0.2) is 0 Å². The van der Waals surface area contributed by atoms with E-state index in [4.69, 9.17) is 0 Å². The van der Waals surface area contributed by atoms with Gasteiger partial charge in [0.2, 0.25) is 0 Å². The van der Waals surface area contributed by atoms with Crippen LogP contribution in [-0.4, -0.2) is 30.3 Å². The van der Waals surface area contributed by atoms with Crippen LogP contribution in [0, 0.1) is 0 Å². The maximum atomic E-state index is 10.5. The molecule has 0 saturated heterocycles. The molecule has 0 heterocycles. The molecule has 0 unspecified atom stereocenters. The fraction of sp³-hybridized carbons (Fsp3) is 0.833. The lowest BCUT2D eigenvalue weighted by Gasteiger charge is -2.22. The summed E-state index contributed by atoms with van der Waals surface area (Å²) in [5, 5.41) is 0. The van der Waals surface area contributed by atoms with Gasteiger partial charge in [0.15, 0.2) is 0 Å². The van der Waals surface area contributed by atoms with Crippen molar-refractivity contribution in [2.24, 2.45) is 0 Å². The Morgan fingerprint density at radius 3 is 1.75 bits per heavy atom. The molecule has 2 heteroatoms. The Morgan fingerprint density at radius 2 is 1.75 bits per heavy atom. The maximum Gasteiger partial charge on any atom is 0.138 e. The van der Waals surface area contributed by atoms with Gasteiger partial charge in [-0.3, -0.25) is 4.79 Å². The maximum absolute atomic E-state index is 10.5. The number of rotatable bonds is 2. The molecule has 1 nitrogen and oxygen atoms in total. The van der Waals surface area contributed by atoms with E-state index >= 15 is 0 Å². The summed E-state index contributed by atoms with van der Waals surface area (Å²) >= 11 is 0. The second kappa shape index (κ2) is 2.53. The second-order valence-corrected chi connectivity index (χ2v) is 7.41. The molecule has 0 fully saturated rings. The molecule has 0 atom stereocenters. The highest BCUT2D eigenvalue weighted by atomic mass is 32.3. The van der Waals surface area contributed by atoms with Gasteiger partial charge in [0.25, 0.3) is 0 Å². The van der Waals surface area contributed by atoms with E-state index in [1.807, 2.05) is 0 Å². The van der Waals surface area contributed by atoms with Crippen molar-refractivity contribution in [3.05, 3.63) is 0 Å². The lowest BCUT2D eigenvalue weighted by atomic mass is 10.5. The van der Waals surface area contributed by atoms with Gasteiger partial charge in [0, 0.05) is 5.75 Å². The van der Waals surface area contributed by atoms with Crippen molar-refractivity contribution in [2.75, 3.05) is 24.5 Å². The number of Topliss-reactive ketones (excluding diaryl/α,β-unsaturated/α-hetero) is 1. The lowest BCUT2D eigenvalue weighted by molar-refractivity contribution is -0.114. The second-order valence-electron chi connectivity index (χ2n) is 2.94. The van der Waals surface area contributed by atoms with Crippen LogP contribution >= 0.6 is 10.0 Å². The lowest BCUT2D eigenvalue weighted by Crippen LogP contribution is -2.06. The molecule has 0 saturated carbocycles. The topological polar surface area (TPSA) is 17.1 Å². The smallest absolute Gasteiger partial charge is 0.138 e.